The van der Waals surface area contributed by atoms with Crippen LogP contribution < -0.4 is 5.32 Å². The first-order chi connectivity index (χ1) is 9.76. The smallest absolute Gasteiger partial charge is 0.289 e. The molecular weight excluding hydrogens is 294 g/mol. The zero-order chi connectivity index (χ0) is 15.8. The molecule has 116 valence electrons. The number of sulfonamides is 1. The molecule has 1 saturated heterocycles. The molecule has 1 fully saturated rings. The standard InChI is InChI=1S/C13H19N3O4S/c1-9-5-4-6-12(16(17)18)13(9)21(19,20)15-10(2)7-14-8-11(15)3/h4-6,10-11,14H,7-8H2,1-3H3. The van der Waals surface area contributed by atoms with Gasteiger partial charge in [-0.05, 0) is 26.3 Å². The van der Waals surface area contributed by atoms with Gasteiger partial charge in [-0.1, -0.05) is 12.1 Å². The maximum atomic E-state index is 12.9. The molecule has 0 saturated carbocycles. The lowest BCUT2D eigenvalue weighted by atomic mass is 10.2. The third-order valence-corrected chi connectivity index (χ3v) is 5.99. The molecule has 0 spiro atoms. The Morgan fingerprint density at radius 1 is 1.29 bits per heavy atom. The number of nitro groups is 1. The van der Waals surface area contributed by atoms with Crippen molar-refractivity contribution in [3.8, 4) is 0 Å². The minimum absolute atomic E-state index is 0.199. The van der Waals surface area contributed by atoms with Gasteiger partial charge in [-0.2, -0.15) is 4.31 Å². The predicted molar refractivity (Wildman–Crippen MR) is 78.7 cm³/mol. The van der Waals surface area contributed by atoms with Crippen LogP contribution in [0.2, 0.25) is 0 Å². The fraction of sp³-hybridized carbons (Fsp3) is 0.538. The van der Waals surface area contributed by atoms with Gasteiger partial charge in [0.25, 0.3) is 15.7 Å². The summed E-state index contributed by atoms with van der Waals surface area (Å²) in [6.07, 6.45) is 0. The minimum atomic E-state index is -3.92. The van der Waals surface area contributed by atoms with Crippen LogP contribution in [-0.2, 0) is 10.0 Å². The molecule has 1 N–H and O–H groups in total. The maximum Gasteiger partial charge on any atom is 0.289 e. The van der Waals surface area contributed by atoms with Crippen molar-refractivity contribution in [3.63, 3.8) is 0 Å². The fourth-order valence-electron chi connectivity index (χ4n) is 2.81. The first kappa shape index (κ1) is 15.9. The van der Waals surface area contributed by atoms with Crippen molar-refractivity contribution < 1.29 is 13.3 Å². The zero-order valence-corrected chi connectivity index (χ0v) is 13.1. The molecule has 0 amide bonds. The van der Waals surface area contributed by atoms with Crippen molar-refractivity contribution in [2.45, 2.75) is 37.8 Å². The highest BCUT2D eigenvalue weighted by Crippen LogP contribution is 2.32. The summed E-state index contributed by atoms with van der Waals surface area (Å²) in [5.74, 6) is 0. The van der Waals surface area contributed by atoms with Crippen LogP contribution in [0, 0.1) is 17.0 Å². The molecule has 1 aliphatic rings. The highest BCUT2D eigenvalue weighted by molar-refractivity contribution is 7.89. The Bertz CT molecular complexity index is 649. The van der Waals surface area contributed by atoms with Crippen molar-refractivity contribution in [3.05, 3.63) is 33.9 Å². The number of nitrogens with one attached hydrogen (secondary N) is 1. The normalized spacial score (nSPS) is 24.0. The number of benzene rings is 1. The summed E-state index contributed by atoms with van der Waals surface area (Å²) in [4.78, 5) is 10.3. The van der Waals surface area contributed by atoms with E-state index in [1.54, 1.807) is 26.8 Å². The SMILES string of the molecule is Cc1cccc([N+](=O)[O-])c1S(=O)(=O)N1C(C)CNCC1C. The quantitative estimate of drug-likeness (QED) is 0.670. The van der Waals surface area contributed by atoms with E-state index >= 15 is 0 Å². The van der Waals surface area contributed by atoms with Crippen LogP contribution in [0.3, 0.4) is 0 Å². The Morgan fingerprint density at radius 2 is 1.86 bits per heavy atom. The zero-order valence-electron chi connectivity index (χ0n) is 12.2. The summed E-state index contributed by atoms with van der Waals surface area (Å²) in [6, 6.07) is 3.81. The molecule has 1 aromatic carbocycles. The molecule has 0 bridgehead atoms. The lowest BCUT2D eigenvalue weighted by Crippen LogP contribution is -2.57. The van der Waals surface area contributed by atoms with Gasteiger partial charge in [0.15, 0.2) is 4.90 Å². The molecule has 1 aliphatic heterocycles. The minimum Gasteiger partial charge on any atom is -0.314 e. The molecule has 2 atom stereocenters. The predicted octanol–water partition coefficient (Wildman–Crippen LogP) is 1.27. The fourth-order valence-corrected chi connectivity index (χ4v) is 5.00. The molecular formula is C13H19N3O4S. The molecule has 0 aromatic heterocycles. The highest BCUT2D eigenvalue weighted by Gasteiger charge is 2.40. The first-order valence-corrected chi connectivity index (χ1v) is 8.19. The molecule has 1 heterocycles. The van der Waals surface area contributed by atoms with Gasteiger partial charge < -0.3 is 5.32 Å². The lowest BCUT2D eigenvalue weighted by Gasteiger charge is -2.38. The van der Waals surface area contributed by atoms with E-state index in [0.717, 1.165) is 0 Å². The molecule has 2 rings (SSSR count). The summed E-state index contributed by atoms with van der Waals surface area (Å²) in [5, 5.41) is 14.3. The van der Waals surface area contributed by atoms with Crippen molar-refractivity contribution in [1.82, 2.24) is 9.62 Å². The van der Waals surface area contributed by atoms with E-state index in [4.69, 9.17) is 0 Å². The van der Waals surface area contributed by atoms with Crippen molar-refractivity contribution in [2.24, 2.45) is 0 Å². The Balaban J connectivity index is 2.62. The Labute approximate surface area is 124 Å². The van der Waals surface area contributed by atoms with Crippen LogP contribution in [0.4, 0.5) is 5.69 Å². The topological polar surface area (TPSA) is 92.5 Å². The second kappa shape index (κ2) is 5.70. The number of aryl methyl sites for hydroxylation is 1. The lowest BCUT2D eigenvalue weighted by molar-refractivity contribution is -0.388. The number of piperazine rings is 1. The van der Waals surface area contributed by atoms with Gasteiger partial charge in [0, 0.05) is 31.2 Å². The molecule has 0 aliphatic carbocycles. The molecule has 2 unspecified atom stereocenters. The second-order valence-corrected chi connectivity index (χ2v) is 7.15. The van der Waals surface area contributed by atoms with E-state index < -0.39 is 14.9 Å². The van der Waals surface area contributed by atoms with Gasteiger partial charge in [-0.15, -0.1) is 0 Å². The summed E-state index contributed by atoms with van der Waals surface area (Å²) >= 11 is 0. The van der Waals surface area contributed by atoms with Crippen LogP contribution in [0.25, 0.3) is 0 Å². The molecule has 21 heavy (non-hydrogen) atoms. The van der Waals surface area contributed by atoms with Crippen LogP contribution in [0.15, 0.2) is 23.1 Å². The third-order valence-electron chi connectivity index (χ3n) is 3.67. The number of nitrogens with zero attached hydrogens (tertiary/aromatic N) is 2. The summed E-state index contributed by atoms with van der Waals surface area (Å²) in [7, 11) is -3.92. The average molecular weight is 313 g/mol. The van der Waals surface area contributed by atoms with Crippen molar-refractivity contribution in [1.29, 1.82) is 0 Å². The van der Waals surface area contributed by atoms with Gasteiger partial charge in [0.1, 0.15) is 0 Å². The summed E-state index contributed by atoms with van der Waals surface area (Å²) in [6.45, 7) is 6.23. The summed E-state index contributed by atoms with van der Waals surface area (Å²) < 4.78 is 27.3. The van der Waals surface area contributed by atoms with E-state index in [0.29, 0.717) is 18.7 Å². The number of rotatable bonds is 3. The van der Waals surface area contributed by atoms with E-state index in [2.05, 4.69) is 5.32 Å². The van der Waals surface area contributed by atoms with Crippen LogP contribution in [-0.4, -0.2) is 42.8 Å². The van der Waals surface area contributed by atoms with E-state index in [1.165, 1.54) is 16.4 Å². The average Bonchev–Trinajstić information content (AvgIpc) is 2.37. The van der Waals surface area contributed by atoms with Crippen molar-refractivity contribution in [2.75, 3.05) is 13.1 Å². The van der Waals surface area contributed by atoms with Crippen molar-refractivity contribution >= 4 is 15.7 Å². The van der Waals surface area contributed by atoms with Gasteiger partial charge in [0.2, 0.25) is 0 Å². The Kier molecular flexibility index (Phi) is 4.31. The highest BCUT2D eigenvalue weighted by atomic mass is 32.2. The van der Waals surface area contributed by atoms with Gasteiger partial charge in [0.05, 0.1) is 4.92 Å². The number of nitro benzene ring substituents is 1. The molecule has 1 aromatic rings. The van der Waals surface area contributed by atoms with Gasteiger partial charge in [-0.3, -0.25) is 10.1 Å². The summed E-state index contributed by atoms with van der Waals surface area (Å²) in [5.41, 5.74) is 0.0232. The first-order valence-electron chi connectivity index (χ1n) is 6.75. The number of hydrogen-bond donors (Lipinski definition) is 1. The Hall–Kier alpha value is -1.51. The van der Waals surface area contributed by atoms with Gasteiger partial charge in [-0.25, -0.2) is 8.42 Å². The van der Waals surface area contributed by atoms with E-state index in [9.17, 15) is 18.5 Å². The maximum absolute atomic E-state index is 12.9. The Morgan fingerprint density at radius 3 is 2.38 bits per heavy atom. The molecule has 8 heteroatoms. The molecule has 7 nitrogen and oxygen atoms in total. The second-order valence-electron chi connectivity index (χ2n) is 5.37. The molecule has 0 radical (unpaired) electrons. The van der Waals surface area contributed by atoms with E-state index in [-0.39, 0.29) is 22.7 Å². The van der Waals surface area contributed by atoms with Crippen LogP contribution >= 0.6 is 0 Å². The third kappa shape index (κ3) is 2.78. The van der Waals surface area contributed by atoms with E-state index in [1.807, 2.05) is 0 Å². The number of hydrogen-bond acceptors (Lipinski definition) is 5. The van der Waals surface area contributed by atoms with Crippen LogP contribution in [0.1, 0.15) is 19.4 Å². The monoisotopic (exact) mass is 313 g/mol. The largest absolute Gasteiger partial charge is 0.314 e. The van der Waals surface area contributed by atoms with Gasteiger partial charge >= 0.3 is 0 Å². The van der Waals surface area contributed by atoms with Crippen LogP contribution in [0.5, 0.6) is 0 Å².